The zero-order valence-corrected chi connectivity index (χ0v) is 11.1. The summed E-state index contributed by atoms with van der Waals surface area (Å²) in [5.74, 6) is 0.0507. The van der Waals surface area contributed by atoms with Crippen LogP contribution in [0.1, 0.15) is 28.6 Å². The molecule has 0 atom stereocenters. The van der Waals surface area contributed by atoms with E-state index in [1.807, 2.05) is 25.5 Å². The monoisotopic (exact) mass is 240 g/mol. The van der Waals surface area contributed by atoms with E-state index in [0.717, 1.165) is 31.5 Å². The molecule has 0 spiro atoms. The minimum absolute atomic E-state index is 0.0507. The molecular weight excluding hydrogens is 220 g/mol. The van der Waals surface area contributed by atoms with E-state index in [2.05, 4.69) is 17.1 Å². The van der Waals surface area contributed by atoms with E-state index in [9.17, 15) is 4.79 Å². The van der Waals surface area contributed by atoms with E-state index in [1.54, 1.807) is 11.3 Å². The van der Waals surface area contributed by atoms with Gasteiger partial charge in [-0.3, -0.25) is 4.79 Å². The normalized spacial score (nSPS) is 10.8. The van der Waals surface area contributed by atoms with Crippen LogP contribution in [-0.2, 0) is 6.42 Å². The molecule has 0 aliphatic heterocycles. The molecule has 1 N–H and O–H groups in total. The lowest BCUT2D eigenvalue weighted by atomic mass is 10.2. The highest BCUT2D eigenvalue weighted by Crippen LogP contribution is 2.14. The average Bonchev–Trinajstić information content (AvgIpc) is 2.72. The number of nitrogens with zero attached hydrogens (tertiary/aromatic N) is 1. The number of thiophene rings is 1. The number of hydrogen-bond donors (Lipinski definition) is 1. The molecule has 0 saturated carbocycles. The Balaban J connectivity index is 2.29. The molecule has 1 rings (SSSR count). The molecule has 0 aromatic carbocycles. The maximum absolute atomic E-state index is 11.7. The largest absolute Gasteiger partial charge is 0.352 e. The maximum atomic E-state index is 11.7. The molecule has 4 heteroatoms. The number of aryl methyl sites for hydroxylation is 1. The lowest BCUT2D eigenvalue weighted by molar-refractivity contribution is 0.0952. The number of nitrogens with one attached hydrogen (secondary N) is 1. The van der Waals surface area contributed by atoms with Crippen molar-refractivity contribution in [2.24, 2.45) is 0 Å². The molecule has 0 aliphatic carbocycles. The Bertz CT molecular complexity index is 334. The zero-order valence-electron chi connectivity index (χ0n) is 10.2. The van der Waals surface area contributed by atoms with Gasteiger partial charge in [-0.1, -0.05) is 6.92 Å². The molecule has 0 aliphatic rings. The molecule has 1 aromatic rings. The van der Waals surface area contributed by atoms with Crippen molar-refractivity contribution >= 4 is 17.2 Å². The van der Waals surface area contributed by atoms with Crippen LogP contribution < -0.4 is 5.32 Å². The van der Waals surface area contributed by atoms with E-state index < -0.39 is 0 Å². The van der Waals surface area contributed by atoms with Crippen molar-refractivity contribution in [3.8, 4) is 0 Å². The summed E-state index contributed by atoms with van der Waals surface area (Å²) in [4.78, 5) is 15.1. The summed E-state index contributed by atoms with van der Waals surface area (Å²) >= 11 is 1.65. The molecule has 1 aromatic heterocycles. The van der Waals surface area contributed by atoms with Gasteiger partial charge in [-0.15, -0.1) is 11.3 Å². The van der Waals surface area contributed by atoms with Gasteiger partial charge in [0.15, 0.2) is 0 Å². The summed E-state index contributed by atoms with van der Waals surface area (Å²) in [6.45, 7) is 3.85. The molecule has 16 heavy (non-hydrogen) atoms. The third-order valence-corrected chi connectivity index (χ3v) is 3.41. The summed E-state index contributed by atoms with van der Waals surface area (Å²) in [6, 6.07) is 1.98. The molecular formula is C12H20N2OS. The van der Waals surface area contributed by atoms with Gasteiger partial charge in [0.05, 0.1) is 5.56 Å². The van der Waals surface area contributed by atoms with Crippen LogP contribution in [-0.4, -0.2) is 38.0 Å². The maximum Gasteiger partial charge on any atom is 0.252 e. The molecule has 0 unspecified atom stereocenters. The van der Waals surface area contributed by atoms with E-state index >= 15 is 0 Å². The van der Waals surface area contributed by atoms with Crippen molar-refractivity contribution in [1.82, 2.24) is 10.2 Å². The van der Waals surface area contributed by atoms with Crippen LogP contribution in [0.15, 0.2) is 11.4 Å². The molecule has 0 bridgehead atoms. The predicted molar refractivity (Wildman–Crippen MR) is 69.2 cm³/mol. The Morgan fingerprint density at radius 1 is 1.50 bits per heavy atom. The van der Waals surface area contributed by atoms with E-state index in [1.165, 1.54) is 4.88 Å². The van der Waals surface area contributed by atoms with Gasteiger partial charge in [-0.2, -0.15) is 0 Å². The Hall–Kier alpha value is -0.870. The molecule has 1 amide bonds. The standard InChI is InChI=1S/C12H20N2OS/c1-4-11-8-10(9-16-11)12(15)13-6-5-7-14(2)3/h8-9H,4-7H2,1-3H3,(H,13,15). The number of hydrogen-bond acceptors (Lipinski definition) is 3. The van der Waals surface area contributed by atoms with Crippen LogP contribution in [0.5, 0.6) is 0 Å². The Morgan fingerprint density at radius 3 is 2.81 bits per heavy atom. The van der Waals surface area contributed by atoms with Crippen LogP contribution >= 0.6 is 11.3 Å². The first kappa shape index (κ1) is 13.2. The van der Waals surface area contributed by atoms with Gasteiger partial charge in [-0.05, 0) is 39.5 Å². The summed E-state index contributed by atoms with van der Waals surface area (Å²) in [5.41, 5.74) is 0.798. The van der Waals surface area contributed by atoms with Gasteiger partial charge in [0.25, 0.3) is 5.91 Å². The molecule has 90 valence electrons. The van der Waals surface area contributed by atoms with Crippen molar-refractivity contribution in [1.29, 1.82) is 0 Å². The first-order valence-electron chi connectivity index (χ1n) is 5.63. The lowest BCUT2D eigenvalue weighted by Gasteiger charge is -2.09. The molecule has 3 nitrogen and oxygen atoms in total. The third-order valence-electron chi connectivity index (χ3n) is 2.33. The van der Waals surface area contributed by atoms with Gasteiger partial charge >= 0.3 is 0 Å². The Labute approximate surface area is 101 Å². The quantitative estimate of drug-likeness (QED) is 0.771. The van der Waals surface area contributed by atoms with Crippen LogP contribution in [0, 0.1) is 0 Å². The van der Waals surface area contributed by atoms with Crippen LogP contribution in [0.2, 0.25) is 0 Å². The second kappa shape index (κ2) is 6.66. The summed E-state index contributed by atoms with van der Waals surface area (Å²) in [6.07, 6.45) is 1.99. The molecule has 1 heterocycles. The summed E-state index contributed by atoms with van der Waals surface area (Å²) < 4.78 is 0. The molecule has 0 radical (unpaired) electrons. The average molecular weight is 240 g/mol. The summed E-state index contributed by atoms with van der Waals surface area (Å²) in [5, 5.41) is 4.86. The van der Waals surface area contributed by atoms with Crippen molar-refractivity contribution in [2.75, 3.05) is 27.2 Å². The number of carbonyl (C=O) groups excluding carboxylic acids is 1. The number of amides is 1. The fourth-order valence-electron chi connectivity index (χ4n) is 1.38. The minimum atomic E-state index is 0.0507. The van der Waals surface area contributed by atoms with Crippen LogP contribution in [0.25, 0.3) is 0 Å². The van der Waals surface area contributed by atoms with E-state index in [-0.39, 0.29) is 5.91 Å². The highest BCUT2D eigenvalue weighted by molar-refractivity contribution is 7.10. The Kier molecular flexibility index (Phi) is 5.49. The smallest absolute Gasteiger partial charge is 0.252 e. The van der Waals surface area contributed by atoms with E-state index in [4.69, 9.17) is 0 Å². The van der Waals surface area contributed by atoms with Crippen molar-refractivity contribution < 1.29 is 4.79 Å². The first-order valence-corrected chi connectivity index (χ1v) is 6.51. The van der Waals surface area contributed by atoms with Gasteiger partial charge in [0.2, 0.25) is 0 Å². The number of carbonyl (C=O) groups is 1. The second-order valence-corrected chi connectivity index (χ2v) is 5.06. The zero-order chi connectivity index (χ0) is 12.0. The first-order chi connectivity index (χ1) is 7.63. The fourth-order valence-corrected chi connectivity index (χ4v) is 2.20. The number of rotatable bonds is 6. The second-order valence-electron chi connectivity index (χ2n) is 4.07. The molecule has 0 fully saturated rings. The van der Waals surface area contributed by atoms with Gasteiger partial charge in [0.1, 0.15) is 0 Å². The van der Waals surface area contributed by atoms with Gasteiger partial charge < -0.3 is 10.2 Å². The minimum Gasteiger partial charge on any atom is -0.352 e. The van der Waals surface area contributed by atoms with Gasteiger partial charge in [-0.25, -0.2) is 0 Å². The SMILES string of the molecule is CCc1cc(C(=O)NCCCN(C)C)cs1. The van der Waals surface area contributed by atoms with E-state index in [0.29, 0.717) is 0 Å². The van der Waals surface area contributed by atoms with Gasteiger partial charge in [0, 0.05) is 16.8 Å². The fraction of sp³-hybridized carbons (Fsp3) is 0.583. The van der Waals surface area contributed by atoms with Crippen LogP contribution in [0.3, 0.4) is 0 Å². The lowest BCUT2D eigenvalue weighted by Crippen LogP contribution is -2.26. The van der Waals surface area contributed by atoms with Crippen LogP contribution in [0.4, 0.5) is 0 Å². The molecule has 0 saturated heterocycles. The highest BCUT2D eigenvalue weighted by atomic mass is 32.1. The highest BCUT2D eigenvalue weighted by Gasteiger charge is 2.06. The Morgan fingerprint density at radius 2 is 2.25 bits per heavy atom. The topological polar surface area (TPSA) is 32.3 Å². The third kappa shape index (κ3) is 4.33. The van der Waals surface area contributed by atoms with Crippen molar-refractivity contribution in [3.05, 3.63) is 21.9 Å². The van der Waals surface area contributed by atoms with Crippen molar-refractivity contribution in [3.63, 3.8) is 0 Å². The summed E-state index contributed by atoms with van der Waals surface area (Å²) in [7, 11) is 4.07. The van der Waals surface area contributed by atoms with Crippen molar-refractivity contribution in [2.45, 2.75) is 19.8 Å². The predicted octanol–water partition coefficient (Wildman–Crippen LogP) is 1.99.